The van der Waals surface area contributed by atoms with Gasteiger partial charge in [0.1, 0.15) is 6.26 Å². The highest BCUT2D eigenvalue weighted by atomic mass is 19.4. The van der Waals surface area contributed by atoms with Gasteiger partial charge in [-0.2, -0.15) is 18.4 Å². The second-order valence-electron chi connectivity index (χ2n) is 7.36. The van der Waals surface area contributed by atoms with Crippen LogP contribution in [0.2, 0.25) is 0 Å². The van der Waals surface area contributed by atoms with Gasteiger partial charge in [0.2, 0.25) is 0 Å². The highest BCUT2D eigenvalue weighted by molar-refractivity contribution is 5.82. The fourth-order valence-corrected chi connectivity index (χ4v) is 3.96. The molecule has 3 atom stereocenters. The van der Waals surface area contributed by atoms with E-state index >= 15 is 0 Å². The smallest absolute Gasteiger partial charge is 0.471 e. The minimum absolute atomic E-state index is 0.318. The average molecular weight is 409 g/mol. The molecule has 1 amide bonds. The Balaban J connectivity index is 2.44. The number of ether oxygens (including phenoxy) is 1. The highest BCUT2D eigenvalue weighted by Crippen LogP contribution is 2.42. The van der Waals surface area contributed by atoms with Gasteiger partial charge in [-0.1, -0.05) is 12.2 Å². The molecule has 158 valence electrons. The Morgan fingerprint density at radius 1 is 1.52 bits per heavy atom. The van der Waals surface area contributed by atoms with E-state index in [0.29, 0.717) is 44.3 Å². The first-order valence-corrected chi connectivity index (χ1v) is 9.50. The van der Waals surface area contributed by atoms with Crippen LogP contribution in [0.1, 0.15) is 39.0 Å². The lowest BCUT2D eigenvalue weighted by Gasteiger charge is -2.52. The molecule has 0 aliphatic carbocycles. The van der Waals surface area contributed by atoms with Gasteiger partial charge in [0.25, 0.3) is 0 Å². The number of alkyl halides is 3. The maximum atomic E-state index is 12.9. The molecule has 2 aliphatic rings. The van der Waals surface area contributed by atoms with Crippen molar-refractivity contribution >= 4 is 5.91 Å². The second-order valence-corrected chi connectivity index (χ2v) is 7.36. The van der Waals surface area contributed by atoms with Crippen LogP contribution in [0.25, 0.3) is 0 Å². The lowest BCUT2D eigenvalue weighted by atomic mass is 9.75. The van der Waals surface area contributed by atoms with Gasteiger partial charge in [0.15, 0.2) is 0 Å². The summed E-state index contributed by atoms with van der Waals surface area (Å²) in [5, 5.41) is 11.5. The molecule has 3 unspecified atom stereocenters. The van der Waals surface area contributed by atoms with E-state index in [4.69, 9.17) is 4.74 Å². The first-order chi connectivity index (χ1) is 13.7. The van der Waals surface area contributed by atoms with Crippen LogP contribution in [0.15, 0.2) is 49.1 Å². The van der Waals surface area contributed by atoms with E-state index < -0.39 is 29.6 Å². The van der Waals surface area contributed by atoms with E-state index in [2.05, 4.69) is 24.5 Å². The SMILES string of the molecule is C=CCCC1=COC=C(CC(C#N)C=C)N2CCCC(NC(=O)C(F)(F)F)C12C. The molecule has 0 aromatic heterocycles. The molecule has 5 nitrogen and oxygen atoms in total. The number of carbonyl (C=O) groups is 1. The Morgan fingerprint density at radius 2 is 2.24 bits per heavy atom. The largest absolute Gasteiger partial charge is 0.471 e. The Labute approximate surface area is 169 Å². The van der Waals surface area contributed by atoms with Crippen LogP contribution in [0.4, 0.5) is 13.2 Å². The zero-order valence-electron chi connectivity index (χ0n) is 16.5. The number of halogens is 3. The fourth-order valence-electron chi connectivity index (χ4n) is 3.96. The topological polar surface area (TPSA) is 65.4 Å². The number of nitrogens with zero attached hydrogens (tertiary/aromatic N) is 2. The molecular formula is C21H26F3N3O2. The molecule has 0 bridgehead atoms. The molecule has 1 fully saturated rings. The quantitative estimate of drug-likeness (QED) is 0.636. The van der Waals surface area contributed by atoms with Gasteiger partial charge in [-0.15, -0.1) is 13.2 Å². The molecule has 0 aromatic rings. The number of nitrogens with one attached hydrogen (secondary N) is 1. The Morgan fingerprint density at radius 3 is 2.83 bits per heavy atom. The van der Waals surface area contributed by atoms with E-state index in [-0.39, 0.29) is 0 Å². The van der Waals surface area contributed by atoms with E-state index in [1.165, 1.54) is 18.6 Å². The molecule has 8 heteroatoms. The summed E-state index contributed by atoms with van der Waals surface area (Å²) in [6.07, 6.45) is 3.81. The van der Waals surface area contributed by atoms with Gasteiger partial charge in [-0.05, 0) is 38.2 Å². The molecule has 1 N–H and O–H groups in total. The molecule has 0 aromatic carbocycles. The predicted molar refractivity (Wildman–Crippen MR) is 103 cm³/mol. The molecule has 29 heavy (non-hydrogen) atoms. The van der Waals surface area contributed by atoms with Crippen molar-refractivity contribution in [3.63, 3.8) is 0 Å². The molecule has 2 aliphatic heterocycles. The molecule has 0 spiro atoms. The zero-order valence-corrected chi connectivity index (χ0v) is 16.5. The van der Waals surface area contributed by atoms with Crippen molar-refractivity contribution in [2.45, 2.75) is 56.8 Å². The van der Waals surface area contributed by atoms with E-state index in [0.717, 1.165) is 5.57 Å². The molecule has 0 radical (unpaired) electrons. The van der Waals surface area contributed by atoms with Crippen molar-refractivity contribution in [3.05, 3.63) is 49.1 Å². The van der Waals surface area contributed by atoms with Crippen molar-refractivity contribution in [3.8, 4) is 6.07 Å². The average Bonchev–Trinajstić information content (AvgIpc) is 2.81. The van der Waals surface area contributed by atoms with Crippen LogP contribution in [-0.4, -0.2) is 35.1 Å². The van der Waals surface area contributed by atoms with E-state index in [1.807, 2.05) is 11.8 Å². The van der Waals surface area contributed by atoms with E-state index in [9.17, 15) is 23.2 Å². The highest BCUT2D eigenvalue weighted by Gasteiger charge is 2.50. The fraction of sp³-hybridized carbons (Fsp3) is 0.524. The summed E-state index contributed by atoms with van der Waals surface area (Å²) >= 11 is 0. The summed E-state index contributed by atoms with van der Waals surface area (Å²) in [5.41, 5.74) is 0.531. The number of nitriles is 1. The first-order valence-electron chi connectivity index (χ1n) is 9.50. The van der Waals surface area contributed by atoms with Gasteiger partial charge in [-0.25, -0.2) is 0 Å². The summed E-state index contributed by atoms with van der Waals surface area (Å²) in [7, 11) is 0. The van der Waals surface area contributed by atoms with Crippen LogP contribution >= 0.6 is 0 Å². The van der Waals surface area contributed by atoms with Crippen LogP contribution in [0.5, 0.6) is 0 Å². The first kappa shape index (κ1) is 22.6. The van der Waals surface area contributed by atoms with Crippen molar-refractivity contribution in [1.82, 2.24) is 10.2 Å². The Kier molecular flexibility index (Phi) is 7.17. The van der Waals surface area contributed by atoms with E-state index in [1.54, 1.807) is 6.08 Å². The summed E-state index contributed by atoms with van der Waals surface area (Å²) < 4.78 is 44.4. The number of hydrogen-bond acceptors (Lipinski definition) is 4. The normalized spacial score (nSPS) is 25.2. The number of hydrogen-bond donors (Lipinski definition) is 1. The summed E-state index contributed by atoms with van der Waals surface area (Å²) in [6, 6.07) is 1.38. The molecule has 2 rings (SSSR count). The maximum Gasteiger partial charge on any atom is 0.471 e. The summed E-state index contributed by atoms with van der Waals surface area (Å²) in [6.45, 7) is 9.77. The zero-order chi connectivity index (χ0) is 21.7. The minimum atomic E-state index is -4.96. The van der Waals surface area contributed by atoms with Crippen LogP contribution in [0, 0.1) is 17.2 Å². The Hall–Kier alpha value is -2.69. The molecule has 1 saturated heterocycles. The standard InChI is InChI=1S/C21H26F3N3O2/c1-4-6-8-16-13-29-14-17(11-15(5-2)12-25)27-10-7-9-18(20(16,27)3)26-19(28)21(22,23)24/h4-5,13-15,18H,1-2,6-11H2,3H3,(H,26,28). The third-order valence-corrected chi connectivity index (χ3v) is 5.58. The van der Waals surface area contributed by atoms with Gasteiger partial charge in [-0.3, -0.25) is 4.79 Å². The number of fused-ring (bicyclic) bond motifs is 1. The monoisotopic (exact) mass is 409 g/mol. The van der Waals surface area contributed by atoms with Gasteiger partial charge in [0, 0.05) is 13.0 Å². The Bertz CT molecular complexity index is 751. The molecule has 2 heterocycles. The number of carbonyl (C=O) groups excluding carboxylic acids is 1. The lowest BCUT2D eigenvalue weighted by molar-refractivity contribution is -0.175. The van der Waals surface area contributed by atoms with Crippen LogP contribution in [0.3, 0.4) is 0 Å². The number of amides is 1. The van der Waals surface area contributed by atoms with Crippen molar-refractivity contribution in [2.24, 2.45) is 5.92 Å². The molecular weight excluding hydrogens is 383 g/mol. The van der Waals surface area contributed by atoms with Crippen molar-refractivity contribution in [2.75, 3.05) is 6.54 Å². The minimum Gasteiger partial charge on any atom is -0.471 e. The molecule has 0 saturated carbocycles. The third-order valence-electron chi connectivity index (χ3n) is 5.58. The van der Waals surface area contributed by atoms with Crippen molar-refractivity contribution in [1.29, 1.82) is 5.26 Å². The van der Waals surface area contributed by atoms with Gasteiger partial charge in [0.05, 0.1) is 35.5 Å². The second kappa shape index (κ2) is 9.21. The summed E-state index contributed by atoms with van der Waals surface area (Å²) in [5.74, 6) is -2.42. The van der Waals surface area contributed by atoms with Gasteiger partial charge < -0.3 is 15.0 Å². The third kappa shape index (κ3) is 4.84. The number of piperidine rings is 1. The summed E-state index contributed by atoms with van der Waals surface area (Å²) in [4.78, 5) is 13.7. The van der Waals surface area contributed by atoms with Crippen LogP contribution in [-0.2, 0) is 9.53 Å². The van der Waals surface area contributed by atoms with Gasteiger partial charge >= 0.3 is 12.1 Å². The van der Waals surface area contributed by atoms with Crippen LogP contribution < -0.4 is 5.32 Å². The predicted octanol–water partition coefficient (Wildman–Crippen LogP) is 4.33. The number of allylic oxidation sites excluding steroid dienone is 3. The number of rotatable bonds is 7. The van der Waals surface area contributed by atoms with Crippen molar-refractivity contribution < 1.29 is 22.7 Å². The lowest BCUT2D eigenvalue weighted by Crippen LogP contribution is -2.65. The maximum absolute atomic E-state index is 12.9.